The van der Waals surface area contributed by atoms with Crippen LogP contribution in [0.15, 0.2) is 24.3 Å². The standard InChI is InChI=1S/C13H19NO2/c1-13(2,14)9-15-7-10-8-16-12-6-4-3-5-11(10)12/h3-6,10H,7-9,14H2,1-2H3. The third kappa shape index (κ3) is 2.74. The van der Waals surface area contributed by atoms with Crippen molar-refractivity contribution in [3.63, 3.8) is 0 Å². The summed E-state index contributed by atoms with van der Waals surface area (Å²) in [6.45, 7) is 5.89. The number of ether oxygens (including phenoxy) is 2. The predicted octanol–water partition coefficient (Wildman–Crippen LogP) is 1.92. The Morgan fingerprint density at radius 3 is 2.94 bits per heavy atom. The molecular formula is C13H19NO2. The van der Waals surface area contributed by atoms with E-state index in [1.165, 1.54) is 5.56 Å². The van der Waals surface area contributed by atoms with E-state index in [-0.39, 0.29) is 5.54 Å². The van der Waals surface area contributed by atoms with E-state index in [2.05, 4.69) is 6.07 Å². The van der Waals surface area contributed by atoms with E-state index < -0.39 is 0 Å². The van der Waals surface area contributed by atoms with Gasteiger partial charge in [-0.25, -0.2) is 0 Å². The van der Waals surface area contributed by atoms with Crippen LogP contribution in [0.1, 0.15) is 25.3 Å². The second-order valence-corrected chi connectivity index (χ2v) is 5.05. The molecule has 2 N–H and O–H groups in total. The van der Waals surface area contributed by atoms with Crippen molar-refractivity contribution in [3.8, 4) is 5.75 Å². The van der Waals surface area contributed by atoms with Crippen LogP contribution >= 0.6 is 0 Å². The molecule has 0 fully saturated rings. The molecule has 0 amide bonds. The van der Waals surface area contributed by atoms with E-state index in [1.807, 2.05) is 32.0 Å². The minimum atomic E-state index is -0.265. The maximum atomic E-state index is 5.86. The van der Waals surface area contributed by atoms with Crippen LogP contribution in [0, 0.1) is 0 Å². The molecule has 0 bridgehead atoms. The van der Waals surface area contributed by atoms with Crippen LogP contribution in [0.5, 0.6) is 5.75 Å². The predicted molar refractivity (Wildman–Crippen MR) is 63.8 cm³/mol. The molecular weight excluding hydrogens is 202 g/mol. The third-order valence-electron chi connectivity index (χ3n) is 2.59. The van der Waals surface area contributed by atoms with E-state index in [9.17, 15) is 0 Å². The molecule has 1 aliphatic rings. The van der Waals surface area contributed by atoms with Crippen molar-refractivity contribution >= 4 is 0 Å². The Bertz CT molecular complexity index is 357. The average Bonchev–Trinajstić information content (AvgIpc) is 2.60. The summed E-state index contributed by atoms with van der Waals surface area (Å²) in [7, 11) is 0. The maximum absolute atomic E-state index is 5.86. The van der Waals surface area contributed by atoms with Gasteiger partial charge in [-0.15, -0.1) is 0 Å². The summed E-state index contributed by atoms with van der Waals surface area (Å²) in [6.07, 6.45) is 0. The summed E-state index contributed by atoms with van der Waals surface area (Å²) in [6, 6.07) is 8.13. The van der Waals surface area contributed by atoms with Crippen molar-refractivity contribution in [3.05, 3.63) is 29.8 Å². The fourth-order valence-corrected chi connectivity index (χ4v) is 1.83. The van der Waals surface area contributed by atoms with Gasteiger partial charge in [-0.05, 0) is 19.9 Å². The molecule has 1 heterocycles. The number of nitrogens with two attached hydrogens (primary N) is 1. The van der Waals surface area contributed by atoms with E-state index >= 15 is 0 Å². The van der Waals surface area contributed by atoms with Crippen molar-refractivity contribution in [2.24, 2.45) is 5.73 Å². The van der Waals surface area contributed by atoms with Crippen molar-refractivity contribution in [2.45, 2.75) is 25.3 Å². The van der Waals surface area contributed by atoms with Crippen LogP contribution in [0.3, 0.4) is 0 Å². The van der Waals surface area contributed by atoms with Gasteiger partial charge in [0.25, 0.3) is 0 Å². The van der Waals surface area contributed by atoms with Crippen LogP contribution in [-0.4, -0.2) is 25.4 Å². The van der Waals surface area contributed by atoms with Gasteiger partial charge >= 0.3 is 0 Å². The van der Waals surface area contributed by atoms with Gasteiger partial charge in [0.15, 0.2) is 0 Å². The van der Waals surface area contributed by atoms with Gasteiger partial charge < -0.3 is 15.2 Å². The van der Waals surface area contributed by atoms with Crippen molar-refractivity contribution < 1.29 is 9.47 Å². The van der Waals surface area contributed by atoms with Crippen LogP contribution in [-0.2, 0) is 4.74 Å². The fourth-order valence-electron chi connectivity index (χ4n) is 1.83. The van der Waals surface area contributed by atoms with E-state index in [4.69, 9.17) is 15.2 Å². The second-order valence-electron chi connectivity index (χ2n) is 5.05. The number of rotatable bonds is 4. The summed E-state index contributed by atoms with van der Waals surface area (Å²) < 4.78 is 11.2. The molecule has 3 heteroatoms. The molecule has 0 saturated heterocycles. The summed E-state index contributed by atoms with van der Waals surface area (Å²) >= 11 is 0. The van der Waals surface area contributed by atoms with Crippen LogP contribution in [0.4, 0.5) is 0 Å². The largest absolute Gasteiger partial charge is 0.493 e. The Kier molecular flexibility index (Phi) is 3.17. The molecule has 1 atom stereocenters. The molecule has 0 aliphatic carbocycles. The molecule has 0 radical (unpaired) electrons. The molecule has 0 spiro atoms. The summed E-state index contributed by atoms with van der Waals surface area (Å²) in [5.41, 5.74) is 6.84. The molecule has 1 aliphatic heterocycles. The van der Waals surface area contributed by atoms with Gasteiger partial charge in [-0.2, -0.15) is 0 Å². The van der Waals surface area contributed by atoms with Gasteiger partial charge in [0, 0.05) is 17.0 Å². The first-order valence-electron chi connectivity index (χ1n) is 5.64. The molecule has 1 unspecified atom stereocenters. The van der Waals surface area contributed by atoms with Crippen molar-refractivity contribution in [1.82, 2.24) is 0 Å². The highest BCUT2D eigenvalue weighted by Gasteiger charge is 2.24. The fraction of sp³-hybridized carbons (Fsp3) is 0.538. The second kappa shape index (κ2) is 4.44. The molecule has 1 aromatic rings. The third-order valence-corrected chi connectivity index (χ3v) is 2.59. The topological polar surface area (TPSA) is 44.5 Å². The number of fused-ring (bicyclic) bond motifs is 1. The number of hydrogen-bond donors (Lipinski definition) is 1. The van der Waals surface area contributed by atoms with Crippen LogP contribution in [0.25, 0.3) is 0 Å². The first-order chi connectivity index (χ1) is 7.56. The Hall–Kier alpha value is -1.06. The highest BCUT2D eigenvalue weighted by molar-refractivity contribution is 5.39. The van der Waals surface area contributed by atoms with E-state index in [1.54, 1.807) is 0 Å². The molecule has 16 heavy (non-hydrogen) atoms. The smallest absolute Gasteiger partial charge is 0.123 e. The normalized spacial score (nSPS) is 19.3. The number of para-hydroxylation sites is 1. The van der Waals surface area contributed by atoms with Gasteiger partial charge in [0.05, 0.1) is 19.8 Å². The SMILES string of the molecule is CC(C)(N)COCC1COc2ccccc21. The zero-order valence-corrected chi connectivity index (χ0v) is 9.90. The van der Waals surface area contributed by atoms with E-state index in [0.717, 1.165) is 5.75 Å². The van der Waals surface area contributed by atoms with Gasteiger partial charge in [-0.1, -0.05) is 18.2 Å². The molecule has 0 saturated carbocycles. The number of hydrogen-bond acceptors (Lipinski definition) is 3. The van der Waals surface area contributed by atoms with Gasteiger partial charge in [0.1, 0.15) is 5.75 Å². The first-order valence-corrected chi connectivity index (χ1v) is 5.64. The van der Waals surface area contributed by atoms with E-state index in [0.29, 0.717) is 25.7 Å². The maximum Gasteiger partial charge on any atom is 0.123 e. The zero-order chi connectivity index (χ0) is 11.6. The Morgan fingerprint density at radius 2 is 2.19 bits per heavy atom. The van der Waals surface area contributed by atoms with Crippen molar-refractivity contribution in [2.75, 3.05) is 19.8 Å². The van der Waals surface area contributed by atoms with Crippen molar-refractivity contribution in [1.29, 1.82) is 0 Å². The summed E-state index contributed by atoms with van der Waals surface area (Å²) in [4.78, 5) is 0. The molecule has 1 aromatic carbocycles. The first kappa shape index (κ1) is 11.4. The minimum Gasteiger partial charge on any atom is -0.493 e. The minimum absolute atomic E-state index is 0.265. The monoisotopic (exact) mass is 221 g/mol. The lowest BCUT2D eigenvalue weighted by Crippen LogP contribution is -2.37. The lowest BCUT2D eigenvalue weighted by molar-refractivity contribution is 0.0812. The lowest BCUT2D eigenvalue weighted by atomic mass is 10.0. The van der Waals surface area contributed by atoms with Crippen LogP contribution < -0.4 is 10.5 Å². The van der Waals surface area contributed by atoms with Gasteiger partial charge in [-0.3, -0.25) is 0 Å². The molecule has 2 rings (SSSR count). The Morgan fingerprint density at radius 1 is 1.44 bits per heavy atom. The number of benzene rings is 1. The summed E-state index contributed by atoms with van der Waals surface area (Å²) in [5, 5.41) is 0. The Labute approximate surface area is 96.5 Å². The average molecular weight is 221 g/mol. The Balaban J connectivity index is 1.89. The highest BCUT2D eigenvalue weighted by atomic mass is 16.5. The zero-order valence-electron chi connectivity index (χ0n) is 9.90. The van der Waals surface area contributed by atoms with Crippen LogP contribution in [0.2, 0.25) is 0 Å². The molecule has 3 nitrogen and oxygen atoms in total. The lowest BCUT2D eigenvalue weighted by Gasteiger charge is -2.19. The molecule has 0 aromatic heterocycles. The summed E-state index contributed by atoms with van der Waals surface area (Å²) in [5.74, 6) is 1.33. The quantitative estimate of drug-likeness (QED) is 0.844. The molecule has 88 valence electrons. The van der Waals surface area contributed by atoms with Gasteiger partial charge in [0.2, 0.25) is 0 Å². The highest BCUT2D eigenvalue weighted by Crippen LogP contribution is 2.33.